The predicted octanol–water partition coefficient (Wildman–Crippen LogP) is 1.32. The van der Waals surface area contributed by atoms with E-state index in [-0.39, 0.29) is 11.9 Å². The van der Waals surface area contributed by atoms with Crippen LogP contribution in [-0.2, 0) is 4.74 Å². The highest BCUT2D eigenvalue weighted by Crippen LogP contribution is 2.36. The summed E-state index contributed by atoms with van der Waals surface area (Å²) in [6, 6.07) is 3.95. The molecular formula is C26H32N10O3S. The molecule has 40 heavy (non-hydrogen) atoms. The van der Waals surface area contributed by atoms with E-state index in [0.29, 0.717) is 61.1 Å². The summed E-state index contributed by atoms with van der Waals surface area (Å²) in [5, 5.41) is 18.5. The van der Waals surface area contributed by atoms with Crippen LogP contribution < -0.4 is 25.8 Å². The van der Waals surface area contributed by atoms with Crippen molar-refractivity contribution >= 4 is 55.7 Å². The fraction of sp³-hybridized carbons (Fsp3) is 0.500. The van der Waals surface area contributed by atoms with Gasteiger partial charge < -0.3 is 35.6 Å². The Hall–Kier alpha value is -3.59. The number of nitrogens with two attached hydrogens (primary N) is 1. The summed E-state index contributed by atoms with van der Waals surface area (Å²) in [6.45, 7) is 5.60. The van der Waals surface area contributed by atoms with E-state index in [1.165, 1.54) is 6.20 Å². The standard InChI is InChI=1S/C26H32N10O3S/c27-16-2-1-5-34(14-16)21-4-7-36-23(30-21)18(13-28-36)25(38)29-19-12-20-22(31-24(19)35-6-3-17(37)15-35)32-26(40-20)33-8-10-39-11-9-33/h4,7,12-13,16-17,37H,1-3,5-6,8-11,14-15,27H2,(H,29,38)/t16?,17-/m1/s1. The normalized spacial score (nSPS) is 22.0. The largest absolute Gasteiger partial charge is 0.391 e. The predicted molar refractivity (Wildman–Crippen MR) is 154 cm³/mol. The number of pyridine rings is 1. The van der Waals surface area contributed by atoms with Crippen molar-refractivity contribution in [1.82, 2.24) is 24.6 Å². The van der Waals surface area contributed by atoms with E-state index in [2.05, 4.69) is 20.2 Å². The van der Waals surface area contributed by atoms with E-state index in [9.17, 15) is 9.90 Å². The molecule has 1 unspecified atom stereocenters. The molecule has 3 aliphatic rings. The molecule has 0 aromatic carbocycles. The monoisotopic (exact) mass is 564 g/mol. The quantitative estimate of drug-likeness (QED) is 0.322. The van der Waals surface area contributed by atoms with Crippen molar-refractivity contribution < 1.29 is 14.6 Å². The SMILES string of the molecule is NC1CCCN(c2ccn3ncc(C(=O)Nc4cc5sc(N6CCOCC6)nc5nc4N4CC[C@@H](O)C4)c3n2)C1. The van der Waals surface area contributed by atoms with Gasteiger partial charge in [0.05, 0.1) is 35.9 Å². The van der Waals surface area contributed by atoms with Gasteiger partial charge in [-0.15, -0.1) is 0 Å². The van der Waals surface area contributed by atoms with Gasteiger partial charge >= 0.3 is 0 Å². The summed E-state index contributed by atoms with van der Waals surface area (Å²) >= 11 is 1.55. The van der Waals surface area contributed by atoms with Gasteiger partial charge in [-0.2, -0.15) is 10.1 Å². The van der Waals surface area contributed by atoms with Gasteiger partial charge in [0.2, 0.25) is 0 Å². The van der Waals surface area contributed by atoms with Crippen molar-refractivity contribution in [3.8, 4) is 0 Å². The Bertz CT molecular complexity index is 1550. The van der Waals surface area contributed by atoms with Crippen molar-refractivity contribution in [3.05, 3.63) is 30.1 Å². The Morgan fingerprint density at radius 3 is 2.75 bits per heavy atom. The lowest BCUT2D eigenvalue weighted by molar-refractivity contribution is 0.102. The molecule has 0 bridgehead atoms. The summed E-state index contributed by atoms with van der Waals surface area (Å²) in [6.07, 6.45) is 5.58. The molecule has 4 N–H and O–H groups in total. The summed E-state index contributed by atoms with van der Waals surface area (Å²) in [7, 11) is 0. The van der Waals surface area contributed by atoms with Crippen LogP contribution in [0.5, 0.6) is 0 Å². The van der Waals surface area contributed by atoms with Crippen molar-refractivity contribution in [2.75, 3.05) is 72.5 Å². The van der Waals surface area contributed by atoms with E-state index in [1.807, 2.05) is 23.2 Å². The average molecular weight is 565 g/mol. The van der Waals surface area contributed by atoms with E-state index in [1.54, 1.807) is 15.9 Å². The minimum atomic E-state index is -0.439. The maximum Gasteiger partial charge on any atom is 0.261 e. The van der Waals surface area contributed by atoms with Gasteiger partial charge in [-0.1, -0.05) is 11.3 Å². The van der Waals surface area contributed by atoms with Crippen LogP contribution in [0.25, 0.3) is 16.0 Å². The zero-order valence-electron chi connectivity index (χ0n) is 22.1. The third-order valence-corrected chi connectivity index (χ3v) is 8.78. The number of thiazole rings is 1. The minimum Gasteiger partial charge on any atom is -0.391 e. The molecule has 13 nitrogen and oxygen atoms in total. The molecule has 7 heterocycles. The maximum atomic E-state index is 13.7. The topological polar surface area (TPSA) is 150 Å². The number of aliphatic hydroxyl groups is 1. The third kappa shape index (κ3) is 4.80. The number of ether oxygens (including phenoxy) is 1. The molecular weight excluding hydrogens is 532 g/mol. The van der Waals surface area contributed by atoms with Crippen molar-refractivity contribution in [2.45, 2.75) is 31.4 Å². The van der Waals surface area contributed by atoms with Crippen molar-refractivity contribution in [1.29, 1.82) is 0 Å². The highest BCUT2D eigenvalue weighted by molar-refractivity contribution is 7.22. The van der Waals surface area contributed by atoms with Crippen molar-refractivity contribution in [2.24, 2.45) is 5.73 Å². The lowest BCUT2D eigenvalue weighted by atomic mass is 10.1. The van der Waals surface area contributed by atoms with Crippen LogP contribution in [0, 0.1) is 0 Å². The molecule has 0 spiro atoms. The molecule has 1 amide bonds. The van der Waals surface area contributed by atoms with E-state index in [0.717, 1.165) is 54.7 Å². The third-order valence-electron chi connectivity index (χ3n) is 7.72. The highest BCUT2D eigenvalue weighted by Gasteiger charge is 2.27. The fourth-order valence-electron chi connectivity index (χ4n) is 5.60. The van der Waals surface area contributed by atoms with Gasteiger partial charge in [-0.05, 0) is 31.4 Å². The number of carbonyl (C=O) groups is 1. The van der Waals surface area contributed by atoms with Gasteiger partial charge in [0, 0.05) is 51.5 Å². The Labute approximate surface area is 234 Å². The first-order valence-electron chi connectivity index (χ1n) is 13.8. The Kier molecular flexibility index (Phi) is 6.62. The molecule has 7 rings (SSSR count). The smallest absolute Gasteiger partial charge is 0.261 e. The van der Waals surface area contributed by atoms with Crippen LogP contribution in [-0.4, -0.2) is 100 Å². The van der Waals surface area contributed by atoms with E-state index < -0.39 is 6.10 Å². The fourth-order valence-corrected chi connectivity index (χ4v) is 6.60. The summed E-state index contributed by atoms with van der Waals surface area (Å²) < 4.78 is 7.98. The molecule has 3 aliphatic heterocycles. The first-order chi connectivity index (χ1) is 19.5. The highest BCUT2D eigenvalue weighted by atomic mass is 32.1. The lowest BCUT2D eigenvalue weighted by Gasteiger charge is -2.31. The summed E-state index contributed by atoms with van der Waals surface area (Å²) in [5.74, 6) is 1.06. The lowest BCUT2D eigenvalue weighted by Crippen LogP contribution is -2.43. The Morgan fingerprint density at radius 1 is 1.07 bits per heavy atom. The second-order valence-electron chi connectivity index (χ2n) is 10.6. The van der Waals surface area contributed by atoms with Crippen LogP contribution >= 0.6 is 11.3 Å². The maximum absolute atomic E-state index is 13.7. The second kappa shape index (κ2) is 10.4. The number of rotatable bonds is 5. The number of aliphatic hydroxyl groups excluding tert-OH is 1. The number of fused-ring (bicyclic) bond motifs is 2. The number of amides is 1. The van der Waals surface area contributed by atoms with Gasteiger partial charge in [-0.3, -0.25) is 4.79 Å². The van der Waals surface area contributed by atoms with Crippen LogP contribution in [0.15, 0.2) is 24.5 Å². The number of nitrogens with one attached hydrogen (secondary N) is 1. The van der Waals surface area contributed by atoms with Gasteiger partial charge in [0.1, 0.15) is 11.4 Å². The minimum absolute atomic E-state index is 0.111. The summed E-state index contributed by atoms with van der Waals surface area (Å²) in [4.78, 5) is 34.5. The molecule has 3 saturated heterocycles. The molecule has 210 valence electrons. The molecule has 2 atom stereocenters. The zero-order valence-corrected chi connectivity index (χ0v) is 22.9. The van der Waals surface area contributed by atoms with Gasteiger partial charge in [0.25, 0.3) is 5.91 Å². The molecule has 4 aromatic heterocycles. The molecule has 4 aromatic rings. The second-order valence-corrected chi connectivity index (χ2v) is 11.6. The number of anilines is 4. The van der Waals surface area contributed by atoms with Gasteiger partial charge in [-0.25, -0.2) is 14.5 Å². The summed E-state index contributed by atoms with van der Waals surface area (Å²) in [5.41, 5.74) is 8.24. The van der Waals surface area contributed by atoms with Gasteiger partial charge in [0.15, 0.2) is 22.2 Å². The number of morpholine rings is 1. The zero-order chi connectivity index (χ0) is 27.2. The number of β-amino-alcohol motifs (C(OH)–C–C–N with tert-alkyl or cyclic N) is 1. The van der Waals surface area contributed by atoms with Crippen LogP contribution in [0.4, 0.5) is 22.5 Å². The molecule has 3 fully saturated rings. The first kappa shape index (κ1) is 25.4. The Morgan fingerprint density at radius 2 is 1.95 bits per heavy atom. The van der Waals surface area contributed by atoms with Crippen LogP contribution in [0.3, 0.4) is 0 Å². The number of piperidine rings is 1. The molecule has 14 heteroatoms. The van der Waals surface area contributed by atoms with E-state index >= 15 is 0 Å². The number of carbonyl (C=O) groups excluding carboxylic acids is 1. The molecule has 0 radical (unpaired) electrons. The average Bonchev–Trinajstić information content (AvgIpc) is 3.70. The molecule has 0 aliphatic carbocycles. The number of hydrogen-bond donors (Lipinski definition) is 3. The number of hydrogen-bond acceptors (Lipinski definition) is 12. The number of aromatic nitrogens is 5. The van der Waals surface area contributed by atoms with Crippen LogP contribution in [0.1, 0.15) is 29.6 Å². The van der Waals surface area contributed by atoms with Crippen molar-refractivity contribution in [3.63, 3.8) is 0 Å². The Balaban J connectivity index is 1.22. The first-order valence-corrected chi connectivity index (χ1v) is 14.6. The van der Waals surface area contributed by atoms with Crippen LogP contribution in [0.2, 0.25) is 0 Å². The number of nitrogens with zero attached hydrogens (tertiary/aromatic N) is 8. The molecule has 0 saturated carbocycles. The van der Waals surface area contributed by atoms with E-state index in [4.69, 9.17) is 25.4 Å².